The van der Waals surface area contributed by atoms with Crippen LogP contribution in [0, 0.1) is 0 Å². The zero-order valence-electron chi connectivity index (χ0n) is 9.79. The Bertz CT molecular complexity index is 347. The minimum atomic E-state index is -1.13. The molecule has 0 bridgehead atoms. The highest BCUT2D eigenvalue weighted by molar-refractivity contribution is 5.76. The molecule has 0 radical (unpaired) electrons. The normalized spacial score (nSPS) is 10.8. The van der Waals surface area contributed by atoms with E-state index in [0.29, 0.717) is 0 Å². The first-order valence-corrected chi connectivity index (χ1v) is 5.02. The molecular weight excluding hydrogens is 224 g/mol. The van der Waals surface area contributed by atoms with Crippen molar-refractivity contribution in [3.05, 3.63) is 35.9 Å². The van der Waals surface area contributed by atoms with Crippen LogP contribution in [-0.2, 0) is 20.9 Å². The van der Waals surface area contributed by atoms with E-state index in [0.717, 1.165) is 5.56 Å². The molecule has 0 heterocycles. The number of carbonyl (C=O) groups excluding carboxylic acids is 1. The number of esters is 1. The van der Waals surface area contributed by atoms with Gasteiger partial charge in [-0.3, -0.25) is 4.79 Å². The minimum Gasteiger partial charge on any atom is -0.479 e. The zero-order valence-corrected chi connectivity index (χ0v) is 9.79. The molecule has 1 rings (SSSR count). The maximum atomic E-state index is 10.1. The largest absolute Gasteiger partial charge is 0.479 e. The van der Waals surface area contributed by atoms with E-state index in [1.54, 1.807) is 0 Å². The molecule has 0 saturated carbocycles. The maximum Gasteiger partial charge on any atom is 0.344 e. The number of aliphatic hydroxyl groups is 1. The molecule has 17 heavy (non-hydrogen) atoms. The van der Waals surface area contributed by atoms with Crippen LogP contribution >= 0.6 is 0 Å². The quantitative estimate of drug-likeness (QED) is 0.775. The molecule has 0 aliphatic heterocycles. The Labute approximate surface area is 99.7 Å². The molecule has 0 aliphatic rings. The second-order valence-electron chi connectivity index (χ2n) is 3.23. The molecule has 0 aliphatic carbocycles. The molecule has 0 aromatic heterocycles. The van der Waals surface area contributed by atoms with Gasteiger partial charge in [0.05, 0.1) is 6.61 Å². The lowest BCUT2D eigenvalue weighted by Gasteiger charge is -2.04. The first-order valence-electron chi connectivity index (χ1n) is 5.02. The summed E-state index contributed by atoms with van der Waals surface area (Å²) in [7, 11) is 0. The van der Waals surface area contributed by atoms with E-state index < -0.39 is 18.0 Å². The first-order chi connectivity index (χ1) is 7.97. The van der Waals surface area contributed by atoms with E-state index >= 15 is 0 Å². The Balaban J connectivity index is 0.000000302. The van der Waals surface area contributed by atoms with Crippen molar-refractivity contribution in [3.8, 4) is 0 Å². The lowest BCUT2D eigenvalue weighted by Crippen LogP contribution is -2.21. The van der Waals surface area contributed by atoms with Gasteiger partial charge in [-0.2, -0.15) is 0 Å². The standard InChI is InChI=1S/C7H8O.C5H8O4/c8-6-7-4-2-1-3-5-7;1-3(5(7)8)9-4(2)6/h1-5,8H,6H2;3H,1-2H3,(H,7,8). The molecule has 0 saturated heterocycles. The van der Waals surface area contributed by atoms with E-state index in [2.05, 4.69) is 4.74 Å². The minimum absolute atomic E-state index is 0.140. The predicted molar refractivity (Wildman–Crippen MR) is 61.2 cm³/mol. The summed E-state index contributed by atoms with van der Waals surface area (Å²) >= 11 is 0. The van der Waals surface area contributed by atoms with Crippen LogP contribution in [0.1, 0.15) is 19.4 Å². The van der Waals surface area contributed by atoms with Crippen molar-refractivity contribution >= 4 is 11.9 Å². The third-order valence-electron chi connectivity index (χ3n) is 1.72. The van der Waals surface area contributed by atoms with Gasteiger partial charge in [-0.25, -0.2) is 4.79 Å². The van der Waals surface area contributed by atoms with Gasteiger partial charge in [0.2, 0.25) is 0 Å². The summed E-state index contributed by atoms with van der Waals surface area (Å²) < 4.78 is 4.27. The van der Waals surface area contributed by atoms with Gasteiger partial charge in [0, 0.05) is 6.92 Å². The van der Waals surface area contributed by atoms with Crippen molar-refractivity contribution in [2.45, 2.75) is 26.6 Å². The van der Waals surface area contributed by atoms with Crippen molar-refractivity contribution in [2.24, 2.45) is 0 Å². The summed E-state index contributed by atoms with van der Waals surface area (Å²) in [6, 6.07) is 9.52. The number of ether oxygens (including phenoxy) is 1. The number of hydrogen-bond donors (Lipinski definition) is 2. The van der Waals surface area contributed by atoms with Crippen LogP contribution in [0.2, 0.25) is 0 Å². The van der Waals surface area contributed by atoms with Crippen LogP contribution in [-0.4, -0.2) is 28.3 Å². The molecule has 1 aromatic rings. The van der Waals surface area contributed by atoms with Crippen LogP contribution in [0.25, 0.3) is 0 Å². The number of carboxylic acid groups (broad SMARTS) is 1. The summed E-state index contributed by atoms with van der Waals surface area (Å²) in [5.41, 5.74) is 0.965. The molecule has 1 aromatic carbocycles. The summed E-state index contributed by atoms with van der Waals surface area (Å²) in [4.78, 5) is 20.0. The molecule has 0 amide bonds. The molecule has 0 fully saturated rings. The third-order valence-corrected chi connectivity index (χ3v) is 1.72. The highest BCUT2D eigenvalue weighted by Gasteiger charge is 2.12. The smallest absolute Gasteiger partial charge is 0.344 e. The first kappa shape index (κ1) is 15.1. The van der Waals surface area contributed by atoms with Crippen molar-refractivity contribution in [3.63, 3.8) is 0 Å². The lowest BCUT2D eigenvalue weighted by molar-refractivity contribution is -0.161. The van der Waals surface area contributed by atoms with Gasteiger partial charge in [0.25, 0.3) is 0 Å². The Morgan fingerprint density at radius 3 is 2.06 bits per heavy atom. The topological polar surface area (TPSA) is 83.8 Å². The third kappa shape index (κ3) is 7.98. The Morgan fingerprint density at radius 2 is 1.82 bits per heavy atom. The second-order valence-corrected chi connectivity index (χ2v) is 3.23. The fourth-order valence-corrected chi connectivity index (χ4v) is 0.883. The molecular formula is C12H16O5. The van der Waals surface area contributed by atoms with Gasteiger partial charge in [-0.1, -0.05) is 30.3 Å². The summed E-state index contributed by atoms with van der Waals surface area (Å²) in [6.07, 6.45) is -1.04. The van der Waals surface area contributed by atoms with Gasteiger partial charge >= 0.3 is 11.9 Å². The van der Waals surface area contributed by atoms with Gasteiger partial charge in [-0.15, -0.1) is 0 Å². The summed E-state index contributed by atoms with van der Waals surface area (Å²) in [6.45, 7) is 2.60. The van der Waals surface area contributed by atoms with Gasteiger partial charge in [0.15, 0.2) is 6.10 Å². The van der Waals surface area contributed by atoms with Crippen LogP contribution in [0.3, 0.4) is 0 Å². The number of carbonyl (C=O) groups is 2. The number of aliphatic carboxylic acids is 1. The van der Waals surface area contributed by atoms with E-state index in [9.17, 15) is 9.59 Å². The fraction of sp³-hybridized carbons (Fsp3) is 0.333. The Hall–Kier alpha value is -1.88. The monoisotopic (exact) mass is 240 g/mol. The van der Waals surface area contributed by atoms with Crippen LogP contribution in [0.15, 0.2) is 30.3 Å². The highest BCUT2D eigenvalue weighted by atomic mass is 16.6. The van der Waals surface area contributed by atoms with Crippen molar-refractivity contribution < 1.29 is 24.5 Å². The second kappa shape index (κ2) is 8.29. The van der Waals surface area contributed by atoms with Crippen molar-refractivity contribution in [1.82, 2.24) is 0 Å². The van der Waals surface area contributed by atoms with Gasteiger partial charge in [0.1, 0.15) is 0 Å². The number of hydrogen-bond acceptors (Lipinski definition) is 4. The lowest BCUT2D eigenvalue weighted by atomic mass is 10.2. The SMILES string of the molecule is CC(=O)OC(C)C(=O)O.OCc1ccccc1. The molecule has 1 unspecified atom stereocenters. The van der Waals surface area contributed by atoms with Gasteiger partial charge < -0.3 is 14.9 Å². The van der Waals surface area contributed by atoms with Gasteiger partial charge in [-0.05, 0) is 12.5 Å². The molecule has 5 heteroatoms. The zero-order chi connectivity index (χ0) is 13.3. The summed E-state index contributed by atoms with van der Waals surface area (Å²) in [5, 5.41) is 16.7. The number of benzene rings is 1. The average Bonchev–Trinajstić information content (AvgIpc) is 2.30. The molecule has 5 nitrogen and oxygen atoms in total. The van der Waals surface area contributed by atoms with Crippen molar-refractivity contribution in [2.75, 3.05) is 0 Å². The molecule has 0 spiro atoms. The van der Waals surface area contributed by atoms with Crippen LogP contribution < -0.4 is 0 Å². The van der Waals surface area contributed by atoms with E-state index in [4.69, 9.17) is 10.2 Å². The van der Waals surface area contributed by atoms with Crippen LogP contribution in [0.5, 0.6) is 0 Å². The van der Waals surface area contributed by atoms with E-state index in [-0.39, 0.29) is 6.61 Å². The molecule has 2 N–H and O–H groups in total. The van der Waals surface area contributed by atoms with E-state index in [1.165, 1.54) is 13.8 Å². The van der Waals surface area contributed by atoms with E-state index in [1.807, 2.05) is 30.3 Å². The summed E-state index contributed by atoms with van der Waals surface area (Å²) in [5.74, 6) is -1.71. The Kier molecular flexibility index (Phi) is 7.38. The highest BCUT2D eigenvalue weighted by Crippen LogP contribution is 1.95. The Morgan fingerprint density at radius 1 is 1.29 bits per heavy atom. The number of rotatable bonds is 3. The number of carboxylic acids is 1. The molecule has 94 valence electrons. The van der Waals surface area contributed by atoms with Crippen molar-refractivity contribution in [1.29, 1.82) is 0 Å². The molecule has 1 atom stereocenters. The average molecular weight is 240 g/mol. The predicted octanol–water partition coefficient (Wildman–Crippen LogP) is 1.20. The van der Waals surface area contributed by atoms with Crippen LogP contribution in [0.4, 0.5) is 0 Å². The number of aliphatic hydroxyl groups excluding tert-OH is 1. The maximum absolute atomic E-state index is 10.1. The fourth-order valence-electron chi connectivity index (χ4n) is 0.883.